The van der Waals surface area contributed by atoms with Crippen LogP contribution in [0.25, 0.3) is 0 Å². The highest BCUT2D eigenvalue weighted by Gasteiger charge is 2.25. The number of nitrogens with zero attached hydrogens (tertiary/aromatic N) is 3. The fourth-order valence-electron chi connectivity index (χ4n) is 2.25. The van der Waals surface area contributed by atoms with E-state index in [0.717, 1.165) is 25.9 Å². The van der Waals surface area contributed by atoms with Crippen LogP contribution in [0, 0.1) is 5.92 Å². The smallest absolute Gasteiger partial charge is 0.276 e. The van der Waals surface area contributed by atoms with E-state index in [2.05, 4.69) is 16.9 Å². The number of nitrogens with two attached hydrogens (primary N) is 1. The van der Waals surface area contributed by atoms with Crippen LogP contribution in [0.1, 0.15) is 36.7 Å². The van der Waals surface area contributed by atoms with Crippen LogP contribution in [-0.2, 0) is 0 Å². The molecule has 1 amide bonds. The number of nitrogen functional groups attached to an aromatic ring is 1. The van der Waals surface area contributed by atoms with E-state index in [1.54, 1.807) is 0 Å². The predicted molar refractivity (Wildman–Crippen MR) is 65.4 cm³/mol. The van der Waals surface area contributed by atoms with Gasteiger partial charge < -0.3 is 10.6 Å². The summed E-state index contributed by atoms with van der Waals surface area (Å²) < 4.78 is 0. The first kappa shape index (κ1) is 11.8. The van der Waals surface area contributed by atoms with Gasteiger partial charge in [0.05, 0.1) is 0 Å². The molecular weight excluding hydrogens is 216 g/mol. The van der Waals surface area contributed by atoms with Gasteiger partial charge in [0, 0.05) is 25.5 Å². The largest absolute Gasteiger partial charge is 0.382 e. The Morgan fingerprint density at radius 2 is 2.29 bits per heavy atom. The van der Waals surface area contributed by atoms with E-state index in [4.69, 9.17) is 5.73 Å². The Bertz CT molecular complexity index is 407. The number of hydrogen-bond acceptors (Lipinski definition) is 4. The van der Waals surface area contributed by atoms with Gasteiger partial charge in [0.1, 0.15) is 0 Å². The topological polar surface area (TPSA) is 72.1 Å². The summed E-state index contributed by atoms with van der Waals surface area (Å²) >= 11 is 0. The molecule has 0 aliphatic carbocycles. The molecule has 5 heteroatoms. The third-order valence-electron chi connectivity index (χ3n) is 3.31. The van der Waals surface area contributed by atoms with Crippen molar-refractivity contribution in [2.24, 2.45) is 5.92 Å². The molecule has 1 atom stereocenters. The molecule has 1 unspecified atom stereocenters. The summed E-state index contributed by atoms with van der Waals surface area (Å²) in [5.41, 5.74) is 5.96. The molecule has 2 rings (SSSR count). The Kier molecular flexibility index (Phi) is 3.56. The summed E-state index contributed by atoms with van der Waals surface area (Å²) in [7, 11) is 0. The lowest BCUT2D eigenvalue weighted by Crippen LogP contribution is -2.40. The van der Waals surface area contributed by atoms with Gasteiger partial charge in [0.15, 0.2) is 11.5 Å². The molecule has 0 aromatic carbocycles. The lowest BCUT2D eigenvalue weighted by Gasteiger charge is -2.32. The van der Waals surface area contributed by atoms with Gasteiger partial charge in [-0.1, -0.05) is 13.3 Å². The van der Waals surface area contributed by atoms with Gasteiger partial charge in [-0.25, -0.2) is 9.97 Å². The Labute approximate surface area is 101 Å². The van der Waals surface area contributed by atoms with Crippen LogP contribution in [0.2, 0.25) is 0 Å². The molecule has 2 N–H and O–H groups in total. The van der Waals surface area contributed by atoms with E-state index in [0.29, 0.717) is 5.92 Å². The molecule has 5 nitrogen and oxygen atoms in total. The number of anilines is 1. The Morgan fingerprint density at radius 1 is 1.53 bits per heavy atom. The van der Waals surface area contributed by atoms with Crippen molar-refractivity contribution in [2.45, 2.75) is 26.2 Å². The zero-order chi connectivity index (χ0) is 12.3. The monoisotopic (exact) mass is 234 g/mol. The Hall–Kier alpha value is -1.65. The van der Waals surface area contributed by atoms with Crippen molar-refractivity contribution < 1.29 is 4.79 Å². The summed E-state index contributed by atoms with van der Waals surface area (Å²) in [6, 6.07) is 0. The SMILES string of the molecule is CCC1CCCN(C(=O)c2nccnc2N)C1. The maximum atomic E-state index is 12.2. The molecule has 1 aromatic heterocycles. The normalized spacial score (nSPS) is 20.3. The third kappa shape index (κ3) is 2.54. The van der Waals surface area contributed by atoms with Crippen LogP contribution in [0.4, 0.5) is 5.82 Å². The van der Waals surface area contributed by atoms with Gasteiger partial charge in [-0.05, 0) is 18.8 Å². The first-order valence-electron chi connectivity index (χ1n) is 6.08. The minimum Gasteiger partial charge on any atom is -0.382 e. The number of carbonyl (C=O) groups is 1. The number of piperidine rings is 1. The number of rotatable bonds is 2. The Morgan fingerprint density at radius 3 is 3.00 bits per heavy atom. The fraction of sp³-hybridized carbons (Fsp3) is 0.583. The predicted octanol–water partition coefficient (Wildman–Crippen LogP) is 1.32. The Balaban J connectivity index is 2.12. The molecule has 1 aromatic rings. The van der Waals surface area contributed by atoms with Crippen LogP contribution in [-0.4, -0.2) is 33.9 Å². The summed E-state index contributed by atoms with van der Waals surface area (Å²) in [6.45, 7) is 3.77. The summed E-state index contributed by atoms with van der Waals surface area (Å²) in [5, 5.41) is 0. The zero-order valence-corrected chi connectivity index (χ0v) is 10.1. The van der Waals surface area contributed by atoms with Crippen molar-refractivity contribution in [2.75, 3.05) is 18.8 Å². The van der Waals surface area contributed by atoms with Crippen LogP contribution in [0.5, 0.6) is 0 Å². The number of amides is 1. The summed E-state index contributed by atoms with van der Waals surface area (Å²) in [5.74, 6) is 0.732. The molecule has 1 aliphatic rings. The van der Waals surface area contributed by atoms with Gasteiger partial charge in [-0.3, -0.25) is 4.79 Å². The second-order valence-corrected chi connectivity index (χ2v) is 4.46. The van der Waals surface area contributed by atoms with Gasteiger partial charge in [-0.2, -0.15) is 0 Å². The van der Waals surface area contributed by atoms with Crippen LogP contribution in [0.15, 0.2) is 12.4 Å². The van der Waals surface area contributed by atoms with Gasteiger partial charge >= 0.3 is 0 Å². The van der Waals surface area contributed by atoms with E-state index in [1.165, 1.54) is 18.8 Å². The average molecular weight is 234 g/mol. The molecule has 2 heterocycles. The molecular formula is C12H18N4O. The number of likely N-dealkylation sites (tertiary alicyclic amines) is 1. The quantitative estimate of drug-likeness (QED) is 0.837. The minimum absolute atomic E-state index is 0.0891. The number of hydrogen-bond donors (Lipinski definition) is 1. The highest BCUT2D eigenvalue weighted by atomic mass is 16.2. The van der Waals surface area contributed by atoms with Crippen molar-refractivity contribution in [3.8, 4) is 0 Å². The maximum Gasteiger partial charge on any atom is 0.276 e. The fourth-order valence-corrected chi connectivity index (χ4v) is 2.25. The molecule has 1 fully saturated rings. The second-order valence-electron chi connectivity index (χ2n) is 4.46. The van der Waals surface area contributed by atoms with E-state index < -0.39 is 0 Å². The molecule has 0 radical (unpaired) electrons. The van der Waals surface area contributed by atoms with E-state index >= 15 is 0 Å². The van der Waals surface area contributed by atoms with Crippen LogP contribution in [0.3, 0.4) is 0 Å². The lowest BCUT2D eigenvalue weighted by molar-refractivity contribution is 0.0666. The van der Waals surface area contributed by atoms with Crippen molar-refractivity contribution in [3.05, 3.63) is 18.1 Å². The van der Waals surface area contributed by atoms with Gasteiger partial charge in [0.25, 0.3) is 5.91 Å². The molecule has 0 spiro atoms. The van der Waals surface area contributed by atoms with Gasteiger partial charge in [0.2, 0.25) is 0 Å². The molecule has 0 bridgehead atoms. The van der Waals surface area contributed by atoms with Crippen molar-refractivity contribution >= 4 is 11.7 Å². The lowest BCUT2D eigenvalue weighted by atomic mass is 9.95. The summed E-state index contributed by atoms with van der Waals surface area (Å²) in [4.78, 5) is 22.0. The number of carbonyl (C=O) groups excluding carboxylic acids is 1. The minimum atomic E-state index is -0.0891. The standard InChI is InChI=1S/C12H18N4O/c1-2-9-4-3-7-16(8-9)12(17)10-11(13)15-6-5-14-10/h5-6,9H,2-4,7-8H2,1H3,(H2,13,15). The maximum absolute atomic E-state index is 12.2. The zero-order valence-electron chi connectivity index (χ0n) is 10.1. The molecule has 1 saturated heterocycles. The van der Waals surface area contributed by atoms with Crippen LogP contribution >= 0.6 is 0 Å². The first-order valence-corrected chi connectivity index (χ1v) is 6.08. The van der Waals surface area contributed by atoms with E-state index in [9.17, 15) is 4.79 Å². The molecule has 17 heavy (non-hydrogen) atoms. The molecule has 1 aliphatic heterocycles. The van der Waals surface area contributed by atoms with Crippen molar-refractivity contribution in [1.29, 1.82) is 0 Å². The van der Waals surface area contributed by atoms with E-state index in [1.807, 2.05) is 4.90 Å². The first-order chi connectivity index (χ1) is 8.22. The van der Waals surface area contributed by atoms with Crippen molar-refractivity contribution in [3.63, 3.8) is 0 Å². The average Bonchev–Trinajstić information content (AvgIpc) is 2.38. The molecule has 0 saturated carbocycles. The molecule has 92 valence electrons. The van der Waals surface area contributed by atoms with Gasteiger partial charge in [-0.15, -0.1) is 0 Å². The highest BCUT2D eigenvalue weighted by molar-refractivity contribution is 5.96. The summed E-state index contributed by atoms with van der Waals surface area (Å²) in [6.07, 6.45) is 6.38. The third-order valence-corrected chi connectivity index (χ3v) is 3.31. The van der Waals surface area contributed by atoms with Crippen molar-refractivity contribution in [1.82, 2.24) is 14.9 Å². The van der Waals surface area contributed by atoms with E-state index in [-0.39, 0.29) is 17.4 Å². The van der Waals surface area contributed by atoms with Crippen LogP contribution < -0.4 is 5.73 Å². The second kappa shape index (κ2) is 5.12. The number of aromatic nitrogens is 2. The highest BCUT2D eigenvalue weighted by Crippen LogP contribution is 2.21.